The molecule has 0 atom stereocenters. The van der Waals surface area contributed by atoms with E-state index >= 15 is 0 Å². The van der Waals surface area contributed by atoms with E-state index in [0.29, 0.717) is 28.7 Å². The molecule has 2 rings (SSSR count). The molecule has 0 aliphatic carbocycles. The summed E-state index contributed by atoms with van der Waals surface area (Å²) in [5.41, 5.74) is 2.64. The van der Waals surface area contributed by atoms with Crippen LogP contribution in [0.1, 0.15) is 56.6 Å². The third kappa shape index (κ3) is 5.84. The Morgan fingerprint density at radius 1 is 1.31 bits per heavy atom. The van der Waals surface area contributed by atoms with Gasteiger partial charge in [-0.2, -0.15) is 5.10 Å². The quantitative estimate of drug-likeness (QED) is 0.517. The van der Waals surface area contributed by atoms with Gasteiger partial charge in [-0.1, -0.05) is 11.6 Å². The molecule has 0 unspecified atom stereocenters. The summed E-state index contributed by atoms with van der Waals surface area (Å²) in [6, 6.07) is 6.45. The van der Waals surface area contributed by atoms with Gasteiger partial charge in [-0.15, -0.1) is 0 Å². The zero-order valence-electron chi connectivity index (χ0n) is 17.2. The number of pyridine rings is 1. The number of carbonyl (C=O) groups excluding carboxylic acids is 1. The number of nitrogens with zero attached hydrogens (tertiary/aromatic N) is 2. The van der Waals surface area contributed by atoms with Crippen LogP contribution in [0.5, 0.6) is 11.5 Å². The van der Waals surface area contributed by atoms with Gasteiger partial charge >= 0.3 is 0 Å². The molecule has 7 nitrogen and oxygen atoms in total. The van der Waals surface area contributed by atoms with Gasteiger partial charge in [0.1, 0.15) is 5.56 Å². The van der Waals surface area contributed by atoms with E-state index in [4.69, 9.17) is 21.1 Å². The van der Waals surface area contributed by atoms with E-state index < -0.39 is 5.91 Å². The van der Waals surface area contributed by atoms with Gasteiger partial charge in [0.15, 0.2) is 11.5 Å². The predicted molar refractivity (Wildman–Crippen MR) is 115 cm³/mol. The van der Waals surface area contributed by atoms with Crippen molar-refractivity contribution in [2.45, 2.75) is 46.8 Å². The lowest BCUT2D eigenvalue weighted by molar-refractivity contribution is 0.0953. The maximum absolute atomic E-state index is 12.4. The fourth-order valence-electron chi connectivity index (χ4n) is 2.59. The van der Waals surface area contributed by atoms with Crippen LogP contribution >= 0.6 is 11.6 Å². The standard InChI is InChI=1S/C21H26ClN3O4/c1-6-28-18-11-15(10-17(22)19(18)29-14(4)5)12-23-24-20(26)16-8-7-9-25(13(2)3)21(16)27/h7-14H,6H2,1-5H3,(H,24,26)/b23-12-. The van der Waals surface area contributed by atoms with E-state index in [1.165, 1.54) is 16.8 Å². The second kappa shape index (κ2) is 10.1. The largest absolute Gasteiger partial charge is 0.490 e. The number of hydrazone groups is 1. The number of rotatable bonds is 8. The van der Waals surface area contributed by atoms with Crippen molar-refractivity contribution in [3.63, 3.8) is 0 Å². The average Bonchev–Trinajstić information content (AvgIpc) is 2.64. The second-order valence-electron chi connectivity index (χ2n) is 6.86. The van der Waals surface area contributed by atoms with Crippen LogP contribution in [0.2, 0.25) is 5.02 Å². The summed E-state index contributed by atoms with van der Waals surface area (Å²) < 4.78 is 12.8. The van der Waals surface area contributed by atoms with Crippen LogP contribution < -0.4 is 20.5 Å². The Bertz CT molecular complexity index is 951. The molecule has 0 radical (unpaired) electrons. The third-order valence-corrected chi connectivity index (χ3v) is 4.12. The van der Waals surface area contributed by atoms with Gasteiger partial charge in [0.05, 0.1) is 23.9 Å². The number of nitrogens with one attached hydrogen (secondary N) is 1. The highest BCUT2D eigenvalue weighted by Crippen LogP contribution is 2.37. The molecule has 0 aliphatic heterocycles. The van der Waals surface area contributed by atoms with Crippen molar-refractivity contribution >= 4 is 23.7 Å². The minimum absolute atomic E-state index is 0.0204. The van der Waals surface area contributed by atoms with Crippen LogP contribution in [0.15, 0.2) is 40.4 Å². The van der Waals surface area contributed by atoms with E-state index in [0.717, 1.165) is 0 Å². The summed E-state index contributed by atoms with van der Waals surface area (Å²) in [7, 11) is 0. The number of amides is 1. The van der Waals surface area contributed by atoms with Crippen molar-refractivity contribution in [3.05, 3.63) is 57.0 Å². The zero-order chi connectivity index (χ0) is 21.6. The summed E-state index contributed by atoms with van der Waals surface area (Å²) >= 11 is 6.32. The first-order chi connectivity index (χ1) is 13.7. The van der Waals surface area contributed by atoms with Crippen LogP contribution in [-0.2, 0) is 0 Å². The topological polar surface area (TPSA) is 81.9 Å². The van der Waals surface area contributed by atoms with Crippen molar-refractivity contribution in [3.8, 4) is 11.5 Å². The van der Waals surface area contributed by atoms with Crippen molar-refractivity contribution in [2.75, 3.05) is 6.61 Å². The number of hydrogen-bond acceptors (Lipinski definition) is 5. The van der Waals surface area contributed by atoms with Crippen molar-refractivity contribution in [1.29, 1.82) is 0 Å². The fourth-order valence-corrected chi connectivity index (χ4v) is 2.85. The summed E-state index contributed by atoms with van der Waals surface area (Å²) in [4.78, 5) is 24.7. The molecule has 0 fully saturated rings. The van der Waals surface area contributed by atoms with Crippen molar-refractivity contribution in [2.24, 2.45) is 5.10 Å². The second-order valence-corrected chi connectivity index (χ2v) is 7.26. The lowest BCUT2D eigenvalue weighted by atomic mass is 10.2. The highest BCUT2D eigenvalue weighted by Gasteiger charge is 2.14. The van der Waals surface area contributed by atoms with E-state index in [1.807, 2.05) is 34.6 Å². The molecule has 0 saturated carbocycles. The normalized spacial score (nSPS) is 11.3. The van der Waals surface area contributed by atoms with Gasteiger partial charge in [-0.25, -0.2) is 5.43 Å². The fraction of sp³-hybridized carbons (Fsp3) is 0.381. The molecular formula is C21H26ClN3O4. The molecule has 1 amide bonds. The van der Waals surface area contributed by atoms with E-state index in [-0.39, 0.29) is 23.3 Å². The maximum Gasteiger partial charge on any atom is 0.276 e. The van der Waals surface area contributed by atoms with Crippen LogP contribution in [0.25, 0.3) is 0 Å². The molecule has 2 aromatic rings. The van der Waals surface area contributed by atoms with Crippen LogP contribution in [0.3, 0.4) is 0 Å². The van der Waals surface area contributed by atoms with Gasteiger partial charge in [0, 0.05) is 12.2 Å². The number of halogens is 1. The molecule has 0 saturated heterocycles. The zero-order valence-corrected chi connectivity index (χ0v) is 18.0. The lowest BCUT2D eigenvalue weighted by Crippen LogP contribution is -2.31. The Kier molecular flexibility index (Phi) is 7.84. The molecule has 156 valence electrons. The number of aromatic nitrogens is 1. The minimum atomic E-state index is -0.586. The highest BCUT2D eigenvalue weighted by molar-refractivity contribution is 6.32. The van der Waals surface area contributed by atoms with Gasteiger partial charge in [0.2, 0.25) is 0 Å². The summed E-state index contributed by atoms with van der Waals surface area (Å²) in [5.74, 6) is 0.365. The Morgan fingerprint density at radius 3 is 2.66 bits per heavy atom. The predicted octanol–water partition coefficient (Wildman–Crippen LogP) is 4.03. The van der Waals surface area contributed by atoms with E-state index in [1.54, 1.807) is 24.4 Å². The summed E-state index contributed by atoms with van der Waals surface area (Å²) in [5, 5.41) is 4.31. The molecule has 0 aliphatic rings. The molecule has 1 N–H and O–H groups in total. The van der Waals surface area contributed by atoms with Crippen LogP contribution in [0.4, 0.5) is 0 Å². The lowest BCUT2D eigenvalue weighted by Gasteiger charge is -2.16. The number of benzene rings is 1. The van der Waals surface area contributed by atoms with E-state index in [9.17, 15) is 9.59 Å². The maximum atomic E-state index is 12.4. The Labute approximate surface area is 175 Å². The first-order valence-electron chi connectivity index (χ1n) is 9.42. The Balaban J connectivity index is 2.21. The molecule has 8 heteroatoms. The van der Waals surface area contributed by atoms with Crippen molar-refractivity contribution in [1.82, 2.24) is 9.99 Å². The van der Waals surface area contributed by atoms with Gasteiger partial charge in [-0.3, -0.25) is 9.59 Å². The smallest absolute Gasteiger partial charge is 0.276 e. The first-order valence-corrected chi connectivity index (χ1v) is 9.79. The monoisotopic (exact) mass is 419 g/mol. The molecule has 0 bridgehead atoms. The Hall–Kier alpha value is -2.80. The van der Waals surface area contributed by atoms with E-state index in [2.05, 4.69) is 10.5 Å². The first kappa shape index (κ1) is 22.5. The van der Waals surface area contributed by atoms with Gasteiger partial charge in [0.25, 0.3) is 11.5 Å². The van der Waals surface area contributed by atoms with Gasteiger partial charge < -0.3 is 14.0 Å². The highest BCUT2D eigenvalue weighted by atomic mass is 35.5. The van der Waals surface area contributed by atoms with Crippen LogP contribution in [-0.4, -0.2) is 29.4 Å². The SMILES string of the molecule is CCOc1cc(/C=N\NC(=O)c2cccn(C(C)C)c2=O)cc(Cl)c1OC(C)C. The average molecular weight is 420 g/mol. The summed E-state index contributed by atoms with van der Waals surface area (Å²) in [6.45, 7) is 9.83. The van der Waals surface area contributed by atoms with Crippen molar-refractivity contribution < 1.29 is 14.3 Å². The minimum Gasteiger partial charge on any atom is -0.490 e. The molecule has 1 aromatic heterocycles. The molecule has 1 heterocycles. The number of ether oxygens (including phenoxy) is 2. The third-order valence-electron chi connectivity index (χ3n) is 3.84. The molecular weight excluding hydrogens is 394 g/mol. The summed E-state index contributed by atoms with van der Waals surface area (Å²) in [6.07, 6.45) is 3.01. The number of hydrogen-bond donors (Lipinski definition) is 1. The molecule has 0 spiro atoms. The molecule has 1 aromatic carbocycles. The Morgan fingerprint density at radius 2 is 2.03 bits per heavy atom. The van der Waals surface area contributed by atoms with Crippen LogP contribution in [0, 0.1) is 0 Å². The number of carbonyl (C=O) groups is 1. The van der Waals surface area contributed by atoms with Gasteiger partial charge in [-0.05, 0) is 64.4 Å². The molecule has 29 heavy (non-hydrogen) atoms.